The molecule has 1 heterocycles. The summed E-state index contributed by atoms with van der Waals surface area (Å²) >= 11 is 9.44. The minimum atomic E-state index is 0.258. The first-order valence-corrected chi connectivity index (χ1v) is 6.37. The summed E-state index contributed by atoms with van der Waals surface area (Å²) in [6, 6.07) is 3.97. The molecule has 4 heteroatoms. The van der Waals surface area contributed by atoms with E-state index in [2.05, 4.69) is 33.2 Å². The van der Waals surface area contributed by atoms with Crippen LogP contribution in [0.15, 0.2) is 16.6 Å². The quantitative estimate of drug-likeness (QED) is 0.830. The van der Waals surface area contributed by atoms with E-state index in [1.807, 2.05) is 19.1 Å². The van der Waals surface area contributed by atoms with Gasteiger partial charge in [0.25, 0.3) is 0 Å². The van der Waals surface area contributed by atoms with Gasteiger partial charge in [0.2, 0.25) is 0 Å². The molecule has 0 aliphatic heterocycles. The number of halogens is 2. The molecule has 1 N–H and O–H groups in total. The summed E-state index contributed by atoms with van der Waals surface area (Å²) in [6.07, 6.45) is 1.98. The zero-order valence-electron chi connectivity index (χ0n) is 9.06. The van der Waals surface area contributed by atoms with Gasteiger partial charge in [0.1, 0.15) is 5.82 Å². The molecule has 1 aromatic rings. The van der Waals surface area contributed by atoms with Gasteiger partial charge in [0.15, 0.2) is 0 Å². The third-order valence-corrected chi connectivity index (χ3v) is 3.59. The number of nitrogens with one attached hydrogen (secondary N) is 1. The van der Waals surface area contributed by atoms with Crippen LogP contribution in [-0.4, -0.2) is 16.9 Å². The molecule has 1 unspecified atom stereocenters. The van der Waals surface area contributed by atoms with Crippen LogP contribution in [0.4, 0.5) is 5.82 Å². The topological polar surface area (TPSA) is 24.9 Å². The lowest BCUT2D eigenvalue weighted by Crippen LogP contribution is -2.09. The third-order valence-electron chi connectivity index (χ3n) is 2.23. The molecule has 0 amide bonds. The molecule has 0 saturated heterocycles. The van der Waals surface area contributed by atoms with Crippen LogP contribution in [0, 0.1) is 6.92 Å². The zero-order valence-corrected chi connectivity index (χ0v) is 11.4. The number of aromatic nitrogens is 1. The van der Waals surface area contributed by atoms with Crippen LogP contribution in [0.3, 0.4) is 0 Å². The Hall–Kier alpha value is -0.280. The number of anilines is 1. The number of alkyl halides is 1. The lowest BCUT2D eigenvalue weighted by Gasteiger charge is -2.09. The van der Waals surface area contributed by atoms with E-state index in [-0.39, 0.29) is 5.38 Å². The highest BCUT2D eigenvalue weighted by Crippen LogP contribution is 2.16. The predicted molar refractivity (Wildman–Crippen MR) is 69.7 cm³/mol. The second-order valence-corrected chi connectivity index (χ2v) is 4.96. The first-order chi connectivity index (χ1) is 7.13. The molecular weight excluding hydrogens is 275 g/mol. The van der Waals surface area contributed by atoms with E-state index in [1.165, 1.54) is 0 Å². The smallest absolute Gasteiger partial charge is 0.126 e. The fourth-order valence-corrected chi connectivity index (χ4v) is 1.53. The van der Waals surface area contributed by atoms with Crippen molar-refractivity contribution in [3.8, 4) is 0 Å². The highest BCUT2D eigenvalue weighted by atomic mass is 79.9. The van der Waals surface area contributed by atoms with Crippen molar-refractivity contribution in [3.05, 3.63) is 22.3 Å². The van der Waals surface area contributed by atoms with E-state index in [0.29, 0.717) is 0 Å². The number of hydrogen-bond acceptors (Lipinski definition) is 2. The Bertz CT molecular complexity index is 317. The van der Waals surface area contributed by atoms with Crippen molar-refractivity contribution < 1.29 is 0 Å². The molecule has 0 radical (unpaired) electrons. The van der Waals surface area contributed by atoms with Crippen molar-refractivity contribution in [1.82, 2.24) is 4.98 Å². The Balaban J connectivity index is 2.41. The maximum absolute atomic E-state index is 6.02. The SMILES string of the molecule is CCC(Cl)CCNc1ccc(Br)c(C)n1. The van der Waals surface area contributed by atoms with Gasteiger partial charge in [-0.15, -0.1) is 11.6 Å². The van der Waals surface area contributed by atoms with Gasteiger partial charge in [-0.05, 0) is 47.8 Å². The summed E-state index contributed by atoms with van der Waals surface area (Å²) in [5.41, 5.74) is 0.998. The molecule has 0 bridgehead atoms. The summed E-state index contributed by atoms with van der Waals surface area (Å²) in [5, 5.41) is 3.52. The molecule has 1 atom stereocenters. The molecule has 0 aliphatic rings. The molecule has 2 nitrogen and oxygen atoms in total. The fourth-order valence-electron chi connectivity index (χ4n) is 1.20. The number of pyridine rings is 1. The maximum Gasteiger partial charge on any atom is 0.126 e. The van der Waals surface area contributed by atoms with Gasteiger partial charge in [-0.3, -0.25) is 0 Å². The first kappa shape index (κ1) is 12.8. The van der Waals surface area contributed by atoms with Crippen LogP contribution in [-0.2, 0) is 0 Å². The molecule has 15 heavy (non-hydrogen) atoms. The van der Waals surface area contributed by atoms with Gasteiger partial charge in [-0.25, -0.2) is 4.98 Å². The molecule has 84 valence electrons. The number of rotatable bonds is 5. The Morgan fingerprint density at radius 3 is 2.87 bits per heavy atom. The standard InChI is InChI=1S/C11H16BrClN2/c1-3-9(13)6-7-14-11-5-4-10(12)8(2)15-11/h4-5,9H,3,6-7H2,1-2H3,(H,14,15). The van der Waals surface area contributed by atoms with Crippen LogP contribution in [0.2, 0.25) is 0 Å². The third kappa shape index (κ3) is 4.39. The summed E-state index contributed by atoms with van der Waals surface area (Å²) < 4.78 is 1.04. The maximum atomic E-state index is 6.02. The van der Waals surface area contributed by atoms with Crippen molar-refractivity contribution in [1.29, 1.82) is 0 Å². The summed E-state index contributed by atoms with van der Waals surface area (Å²) in [4.78, 5) is 4.39. The Labute approximate surface area is 105 Å². The molecule has 0 aromatic carbocycles. The number of hydrogen-bond donors (Lipinski definition) is 1. The van der Waals surface area contributed by atoms with Gasteiger partial charge in [-0.2, -0.15) is 0 Å². The zero-order chi connectivity index (χ0) is 11.3. The highest BCUT2D eigenvalue weighted by Gasteiger charge is 2.02. The van der Waals surface area contributed by atoms with Gasteiger partial charge < -0.3 is 5.32 Å². The van der Waals surface area contributed by atoms with Gasteiger partial charge in [0.05, 0.1) is 5.69 Å². The highest BCUT2D eigenvalue weighted by molar-refractivity contribution is 9.10. The fraction of sp³-hybridized carbons (Fsp3) is 0.545. The minimum Gasteiger partial charge on any atom is -0.370 e. The van der Waals surface area contributed by atoms with Crippen molar-refractivity contribution in [2.45, 2.75) is 32.1 Å². The Morgan fingerprint density at radius 2 is 2.27 bits per heavy atom. The van der Waals surface area contributed by atoms with Crippen molar-refractivity contribution in [2.75, 3.05) is 11.9 Å². The van der Waals surface area contributed by atoms with Crippen molar-refractivity contribution in [3.63, 3.8) is 0 Å². The lowest BCUT2D eigenvalue weighted by atomic mass is 10.2. The normalized spacial score (nSPS) is 12.5. The van der Waals surface area contributed by atoms with Gasteiger partial charge in [0, 0.05) is 16.4 Å². The molecule has 0 aliphatic carbocycles. The van der Waals surface area contributed by atoms with E-state index < -0.39 is 0 Å². The monoisotopic (exact) mass is 290 g/mol. The molecule has 0 saturated carbocycles. The van der Waals surface area contributed by atoms with Gasteiger partial charge in [-0.1, -0.05) is 6.92 Å². The minimum absolute atomic E-state index is 0.258. The number of nitrogens with zero attached hydrogens (tertiary/aromatic N) is 1. The van der Waals surface area contributed by atoms with Gasteiger partial charge >= 0.3 is 0 Å². The molecule has 0 spiro atoms. The average molecular weight is 292 g/mol. The van der Waals surface area contributed by atoms with E-state index >= 15 is 0 Å². The predicted octanol–water partition coefficient (Wildman–Crippen LogP) is 3.97. The average Bonchev–Trinajstić information content (AvgIpc) is 2.23. The second-order valence-electron chi connectivity index (χ2n) is 3.48. The van der Waals surface area contributed by atoms with Crippen molar-refractivity contribution >= 4 is 33.3 Å². The molecule has 1 rings (SSSR count). The Morgan fingerprint density at radius 1 is 1.53 bits per heavy atom. The summed E-state index contributed by atoms with van der Waals surface area (Å²) in [7, 11) is 0. The van der Waals surface area contributed by atoms with Crippen molar-refractivity contribution in [2.24, 2.45) is 0 Å². The largest absolute Gasteiger partial charge is 0.370 e. The summed E-state index contributed by atoms with van der Waals surface area (Å²) in [5.74, 6) is 0.913. The second kappa shape index (κ2) is 6.33. The van der Waals surface area contributed by atoms with Crippen LogP contribution >= 0.6 is 27.5 Å². The lowest BCUT2D eigenvalue weighted by molar-refractivity contribution is 0.752. The van der Waals surface area contributed by atoms with E-state index in [9.17, 15) is 0 Å². The van der Waals surface area contributed by atoms with E-state index in [0.717, 1.165) is 35.4 Å². The van der Waals surface area contributed by atoms with Crippen LogP contribution in [0.25, 0.3) is 0 Å². The first-order valence-electron chi connectivity index (χ1n) is 5.14. The molecular formula is C11H16BrClN2. The molecule has 1 aromatic heterocycles. The van der Waals surface area contributed by atoms with Crippen LogP contribution in [0.1, 0.15) is 25.5 Å². The number of aryl methyl sites for hydroxylation is 1. The van der Waals surface area contributed by atoms with E-state index in [4.69, 9.17) is 11.6 Å². The van der Waals surface area contributed by atoms with Crippen LogP contribution in [0.5, 0.6) is 0 Å². The van der Waals surface area contributed by atoms with Crippen LogP contribution < -0.4 is 5.32 Å². The Kier molecular flexibility index (Phi) is 5.40. The molecule has 0 fully saturated rings. The summed E-state index contributed by atoms with van der Waals surface area (Å²) in [6.45, 7) is 4.95. The van der Waals surface area contributed by atoms with E-state index in [1.54, 1.807) is 0 Å².